The molecule has 0 fully saturated rings. The number of nitrogens with one attached hydrogen (secondary N) is 1. The maximum Gasteiger partial charge on any atom is 0.226 e. The van der Waals surface area contributed by atoms with Crippen LogP contribution in [0.25, 0.3) is 0 Å². The van der Waals surface area contributed by atoms with Gasteiger partial charge in [-0.25, -0.2) is 4.98 Å². The number of hydrogen-bond acceptors (Lipinski definition) is 4. The minimum atomic E-state index is 0.378. The van der Waals surface area contributed by atoms with Gasteiger partial charge in [0, 0.05) is 32.2 Å². The van der Waals surface area contributed by atoms with Crippen LogP contribution in [0.2, 0.25) is 0 Å². The number of rotatable bonds is 6. The molecule has 0 aromatic carbocycles. The fraction of sp³-hybridized carbons (Fsp3) is 0.636. The Morgan fingerprint density at radius 3 is 2.88 bits per heavy atom. The average molecular weight is 243 g/mol. The van der Waals surface area contributed by atoms with Crippen LogP contribution in [-0.4, -0.2) is 36.0 Å². The zero-order valence-corrected chi connectivity index (χ0v) is 10.8. The second kappa shape index (κ2) is 6.53. The molecule has 90 valence electrons. The zero-order valence-electron chi connectivity index (χ0n) is 10.1. The first-order valence-electron chi connectivity index (χ1n) is 5.46. The van der Waals surface area contributed by atoms with E-state index in [1.54, 1.807) is 6.20 Å². The smallest absolute Gasteiger partial charge is 0.226 e. The number of aromatic nitrogens is 2. The maximum absolute atomic E-state index is 5.66. The van der Waals surface area contributed by atoms with Gasteiger partial charge in [0.1, 0.15) is 5.82 Å². The number of alkyl halides is 1. The van der Waals surface area contributed by atoms with Crippen molar-refractivity contribution in [1.29, 1.82) is 0 Å². The summed E-state index contributed by atoms with van der Waals surface area (Å²) in [5.41, 5.74) is 0. The summed E-state index contributed by atoms with van der Waals surface area (Å²) in [7, 11) is 3.85. The summed E-state index contributed by atoms with van der Waals surface area (Å²) in [6.07, 6.45) is 3.82. The van der Waals surface area contributed by atoms with Gasteiger partial charge >= 0.3 is 0 Å². The Labute approximate surface area is 102 Å². The highest BCUT2D eigenvalue weighted by Crippen LogP contribution is 2.11. The molecule has 1 heterocycles. The molecule has 4 nitrogen and oxygen atoms in total. The lowest BCUT2D eigenvalue weighted by Crippen LogP contribution is -2.18. The topological polar surface area (TPSA) is 41.1 Å². The molecule has 1 N–H and O–H groups in total. The van der Waals surface area contributed by atoms with Crippen molar-refractivity contribution >= 4 is 23.4 Å². The van der Waals surface area contributed by atoms with E-state index < -0.39 is 0 Å². The van der Waals surface area contributed by atoms with E-state index in [4.69, 9.17) is 11.6 Å². The molecular weight excluding hydrogens is 224 g/mol. The standard InChI is InChI=1S/C11H19ClN4/c1-9(5-4-7-12)14-10-6-8-13-11(15-10)16(2)3/h6,8-9H,4-5,7H2,1-3H3,(H,13,14,15). The molecule has 1 atom stereocenters. The second-order valence-electron chi connectivity index (χ2n) is 4.01. The third-order valence-electron chi connectivity index (χ3n) is 2.21. The second-order valence-corrected chi connectivity index (χ2v) is 4.39. The molecule has 1 rings (SSSR count). The quantitative estimate of drug-likeness (QED) is 0.778. The summed E-state index contributed by atoms with van der Waals surface area (Å²) in [5.74, 6) is 2.29. The van der Waals surface area contributed by atoms with Crippen LogP contribution in [0.15, 0.2) is 12.3 Å². The van der Waals surface area contributed by atoms with Crippen LogP contribution >= 0.6 is 11.6 Å². The van der Waals surface area contributed by atoms with Crippen LogP contribution in [-0.2, 0) is 0 Å². The summed E-state index contributed by atoms with van der Waals surface area (Å²) in [4.78, 5) is 10.4. The average Bonchev–Trinajstić information content (AvgIpc) is 2.26. The molecule has 0 aliphatic carbocycles. The molecule has 0 radical (unpaired) electrons. The largest absolute Gasteiger partial charge is 0.367 e. The lowest BCUT2D eigenvalue weighted by molar-refractivity contribution is 0.690. The highest BCUT2D eigenvalue weighted by atomic mass is 35.5. The molecule has 5 heteroatoms. The molecule has 0 bridgehead atoms. The zero-order chi connectivity index (χ0) is 12.0. The van der Waals surface area contributed by atoms with Gasteiger partial charge in [0.05, 0.1) is 0 Å². The van der Waals surface area contributed by atoms with E-state index in [1.807, 2.05) is 25.1 Å². The van der Waals surface area contributed by atoms with Crippen molar-refractivity contribution in [2.75, 3.05) is 30.2 Å². The minimum absolute atomic E-state index is 0.378. The molecule has 1 aromatic heterocycles. The Bertz CT molecular complexity index is 317. The van der Waals surface area contributed by atoms with E-state index in [9.17, 15) is 0 Å². The van der Waals surface area contributed by atoms with Crippen molar-refractivity contribution in [1.82, 2.24) is 9.97 Å². The first-order valence-corrected chi connectivity index (χ1v) is 6.00. The Morgan fingerprint density at radius 2 is 2.25 bits per heavy atom. The van der Waals surface area contributed by atoms with Gasteiger partial charge in [0.25, 0.3) is 0 Å². The van der Waals surface area contributed by atoms with Gasteiger partial charge in [-0.1, -0.05) is 0 Å². The molecule has 1 aromatic rings. The summed E-state index contributed by atoms with van der Waals surface area (Å²) < 4.78 is 0. The van der Waals surface area contributed by atoms with Gasteiger partial charge in [0.15, 0.2) is 0 Å². The third-order valence-corrected chi connectivity index (χ3v) is 2.48. The first-order chi connectivity index (χ1) is 7.63. The third kappa shape index (κ3) is 4.23. The molecule has 0 saturated heterocycles. The fourth-order valence-corrected chi connectivity index (χ4v) is 1.51. The molecular formula is C11H19ClN4. The van der Waals surface area contributed by atoms with E-state index in [0.717, 1.165) is 24.6 Å². The van der Waals surface area contributed by atoms with E-state index in [0.29, 0.717) is 11.9 Å². The van der Waals surface area contributed by atoms with Crippen LogP contribution < -0.4 is 10.2 Å². The molecule has 1 unspecified atom stereocenters. The van der Waals surface area contributed by atoms with Crippen molar-refractivity contribution in [2.24, 2.45) is 0 Å². The van der Waals surface area contributed by atoms with Crippen molar-refractivity contribution < 1.29 is 0 Å². The van der Waals surface area contributed by atoms with Crippen LogP contribution in [0.3, 0.4) is 0 Å². The summed E-state index contributed by atoms with van der Waals surface area (Å²) in [6.45, 7) is 2.13. The number of anilines is 2. The van der Waals surface area contributed by atoms with Gasteiger partial charge in [-0.2, -0.15) is 4.98 Å². The molecule has 16 heavy (non-hydrogen) atoms. The van der Waals surface area contributed by atoms with Crippen molar-refractivity contribution in [3.63, 3.8) is 0 Å². The Morgan fingerprint density at radius 1 is 1.50 bits per heavy atom. The summed E-state index contributed by atoms with van der Waals surface area (Å²) in [6, 6.07) is 2.26. The number of halogens is 1. The lowest BCUT2D eigenvalue weighted by atomic mass is 10.2. The monoisotopic (exact) mass is 242 g/mol. The Hall–Kier alpha value is -1.03. The van der Waals surface area contributed by atoms with Gasteiger partial charge in [-0.05, 0) is 25.8 Å². The van der Waals surface area contributed by atoms with E-state index in [2.05, 4.69) is 22.2 Å². The van der Waals surface area contributed by atoms with Gasteiger partial charge < -0.3 is 10.2 Å². The van der Waals surface area contributed by atoms with Crippen LogP contribution in [0, 0.1) is 0 Å². The molecule has 0 saturated carbocycles. The van der Waals surface area contributed by atoms with Gasteiger partial charge in [0.2, 0.25) is 5.95 Å². The number of hydrogen-bond donors (Lipinski definition) is 1. The van der Waals surface area contributed by atoms with E-state index in [1.165, 1.54) is 0 Å². The van der Waals surface area contributed by atoms with E-state index in [-0.39, 0.29) is 0 Å². The van der Waals surface area contributed by atoms with Gasteiger partial charge in [-0.15, -0.1) is 11.6 Å². The maximum atomic E-state index is 5.66. The van der Waals surface area contributed by atoms with Crippen LogP contribution in [0.5, 0.6) is 0 Å². The fourth-order valence-electron chi connectivity index (χ4n) is 1.35. The SMILES string of the molecule is CC(CCCCl)Nc1ccnc(N(C)C)n1. The molecule has 0 amide bonds. The predicted molar refractivity (Wildman–Crippen MR) is 69.4 cm³/mol. The summed E-state index contributed by atoms with van der Waals surface area (Å²) in [5, 5.41) is 3.34. The lowest BCUT2D eigenvalue weighted by Gasteiger charge is -2.15. The highest BCUT2D eigenvalue weighted by molar-refractivity contribution is 6.17. The first kappa shape index (κ1) is 13.0. The minimum Gasteiger partial charge on any atom is -0.367 e. The number of nitrogens with zero attached hydrogens (tertiary/aromatic N) is 3. The van der Waals surface area contributed by atoms with Crippen molar-refractivity contribution in [3.8, 4) is 0 Å². The Balaban J connectivity index is 2.56. The van der Waals surface area contributed by atoms with E-state index >= 15 is 0 Å². The molecule has 0 aliphatic rings. The van der Waals surface area contributed by atoms with Crippen molar-refractivity contribution in [3.05, 3.63) is 12.3 Å². The predicted octanol–water partition coefficient (Wildman–Crippen LogP) is 2.36. The normalized spacial score (nSPS) is 12.2. The molecule has 0 aliphatic heterocycles. The highest BCUT2D eigenvalue weighted by Gasteiger charge is 2.04. The van der Waals surface area contributed by atoms with Crippen LogP contribution in [0.1, 0.15) is 19.8 Å². The molecule has 0 spiro atoms. The van der Waals surface area contributed by atoms with Gasteiger partial charge in [-0.3, -0.25) is 0 Å². The van der Waals surface area contributed by atoms with Crippen molar-refractivity contribution in [2.45, 2.75) is 25.8 Å². The summed E-state index contributed by atoms with van der Waals surface area (Å²) >= 11 is 5.66. The van der Waals surface area contributed by atoms with Crippen LogP contribution in [0.4, 0.5) is 11.8 Å². The Kier molecular flexibility index (Phi) is 5.32.